The number of rotatable bonds is 6. The molecule has 5 aromatic rings. The quantitative estimate of drug-likeness (QED) is 0.209. The molecule has 1 amide bonds. The Bertz CT molecular complexity index is 1680. The SMILES string of the molecule is Cc1cc(NC(=O)/C=C/c2ccc([N+](=O)[O-])cc2)n(-c2ncnc3c2cnn3-c2cccc(C)c2C)n1. The number of aromatic nitrogens is 6. The second-order valence-corrected chi connectivity index (χ2v) is 8.46. The molecule has 37 heavy (non-hydrogen) atoms. The fourth-order valence-corrected chi connectivity index (χ4v) is 3.94. The van der Waals surface area contributed by atoms with Gasteiger partial charge in [0.05, 0.1) is 27.9 Å². The lowest BCUT2D eigenvalue weighted by Crippen LogP contribution is -2.13. The third kappa shape index (κ3) is 4.57. The van der Waals surface area contributed by atoms with Crippen LogP contribution in [0.3, 0.4) is 0 Å². The zero-order valence-electron chi connectivity index (χ0n) is 20.3. The maximum atomic E-state index is 12.7. The van der Waals surface area contributed by atoms with Crippen LogP contribution in [0.5, 0.6) is 0 Å². The number of hydrogen-bond donors (Lipinski definition) is 1. The molecule has 0 aliphatic heterocycles. The van der Waals surface area contributed by atoms with Crippen LogP contribution in [0.4, 0.5) is 11.5 Å². The van der Waals surface area contributed by atoms with E-state index < -0.39 is 10.8 Å². The fourth-order valence-electron chi connectivity index (χ4n) is 3.94. The predicted octanol–water partition coefficient (Wildman–Crippen LogP) is 4.49. The van der Waals surface area contributed by atoms with E-state index in [1.165, 1.54) is 24.5 Å². The van der Waals surface area contributed by atoms with Crippen molar-refractivity contribution in [2.45, 2.75) is 20.8 Å². The van der Waals surface area contributed by atoms with E-state index in [0.717, 1.165) is 16.8 Å². The molecule has 0 radical (unpaired) electrons. The number of carbonyl (C=O) groups excluding carboxylic acids is 1. The normalized spacial score (nSPS) is 11.3. The highest BCUT2D eigenvalue weighted by Gasteiger charge is 2.18. The summed E-state index contributed by atoms with van der Waals surface area (Å²) < 4.78 is 3.32. The van der Waals surface area contributed by atoms with E-state index in [0.29, 0.717) is 33.9 Å². The van der Waals surface area contributed by atoms with Crippen LogP contribution >= 0.6 is 0 Å². The van der Waals surface area contributed by atoms with E-state index in [-0.39, 0.29) is 5.69 Å². The number of aryl methyl sites for hydroxylation is 2. The number of benzene rings is 2. The van der Waals surface area contributed by atoms with E-state index in [4.69, 9.17) is 0 Å². The number of fused-ring (bicyclic) bond motifs is 1. The van der Waals surface area contributed by atoms with Crippen molar-refractivity contribution in [1.29, 1.82) is 0 Å². The first-order chi connectivity index (χ1) is 17.8. The summed E-state index contributed by atoms with van der Waals surface area (Å²) in [5, 5.41) is 23.4. The Hall–Kier alpha value is -5.19. The van der Waals surface area contributed by atoms with Gasteiger partial charge in [0.2, 0.25) is 5.91 Å². The maximum Gasteiger partial charge on any atom is 0.269 e. The highest BCUT2D eigenvalue weighted by atomic mass is 16.6. The Balaban J connectivity index is 1.45. The van der Waals surface area contributed by atoms with Crippen LogP contribution in [0, 0.1) is 30.9 Å². The smallest absolute Gasteiger partial charge is 0.269 e. The maximum absolute atomic E-state index is 12.7. The van der Waals surface area contributed by atoms with Crippen LogP contribution in [0.25, 0.3) is 28.6 Å². The van der Waals surface area contributed by atoms with Crippen LogP contribution in [-0.2, 0) is 4.79 Å². The van der Waals surface area contributed by atoms with E-state index in [2.05, 4.69) is 25.5 Å². The summed E-state index contributed by atoms with van der Waals surface area (Å²) in [5.74, 6) is 0.510. The van der Waals surface area contributed by atoms with E-state index in [9.17, 15) is 14.9 Å². The number of non-ortho nitro benzene ring substituents is 1. The number of nitro groups is 1. The van der Waals surface area contributed by atoms with E-state index >= 15 is 0 Å². The van der Waals surface area contributed by atoms with Crippen molar-refractivity contribution in [3.05, 3.63) is 99.6 Å². The molecule has 3 heterocycles. The van der Waals surface area contributed by atoms with Crippen LogP contribution in [-0.4, -0.2) is 40.4 Å². The van der Waals surface area contributed by atoms with Gasteiger partial charge in [-0.3, -0.25) is 14.9 Å². The lowest BCUT2D eigenvalue weighted by Gasteiger charge is -2.10. The number of nitrogens with zero attached hydrogens (tertiary/aromatic N) is 7. The van der Waals surface area contributed by atoms with E-state index in [1.807, 2.05) is 39.0 Å². The van der Waals surface area contributed by atoms with E-state index in [1.54, 1.807) is 39.8 Å². The molecule has 11 nitrogen and oxygen atoms in total. The monoisotopic (exact) mass is 494 g/mol. The number of hydrogen-bond acceptors (Lipinski definition) is 7. The van der Waals surface area contributed by atoms with Crippen LogP contribution in [0.15, 0.2) is 67.1 Å². The Morgan fingerprint density at radius 3 is 2.59 bits per heavy atom. The molecule has 1 N–H and O–H groups in total. The van der Waals surface area contributed by atoms with Gasteiger partial charge >= 0.3 is 0 Å². The molecule has 184 valence electrons. The first kappa shape index (κ1) is 23.5. The second-order valence-electron chi connectivity index (χ2n) is 8.46. The Morgan fingerprint density at radius 1 is 1.05 bits per heavy atom. The molecular formula is C26H22N8O3. The number of nitro benzene ring substituents is 1. The molecule has 0 bridgehead atoms. The van der Waals surface area contributed by atoms with Crippen molar-refractivity contribution >= 4 is 34.5 Å². The average molecular weight is 495 g/mol. The Kier molecular flexibility index (Phi) is 6.02. The molecule has 0 saturated heterocycles. The van der Waals surface area contributed by atoms with Crippen molar-refractivity contribution in [2.75, 3.05) is 5.32 Å². The molecule has 11 heteroatoms. The minimum Gasteiger partial charge on any atom is -0.307 e. The highest BCUT2D eigenvalue weighted by Crippen LogP contribution is 2.26. The summed E-state index contributed by atoms with van der Waals surface area (Å²) in [6, 6.07) is 13.6. The molecule has 0 unspecified atom stereocenters. The largest absolute Gasteiger partial charge is 0.307 e. The summed E-state index contributed by atoms with van der Waals surface area (Å²) in [5.41, 5.74) is 5.09. The molecular weight excluding hydrogens is 472 g/mol. The van der Waals surface area contributed by atoms with Crippen molar-refractivity contribution in [3.63, 3.8) is 0 Å². The molecule has 5 rings (SSSR count). The van der Waals surface area contributed by atoms with Crippen molar-refractivity contribution in [3.8, 4) is 11.5 Å². The number of nitrogens with one attached hydrogen (secondary N) is 1. The summed E-state index contributed by atoms with van der Waals surface area (Å²) in [6.07, 6.45) is 6.05. The molecule has 3 aromatic heterocycles. The lowest BCUT2D eigenvalue weighted by atomic mass is 10.1. The third-order valence-corrected chi connectivity index (χ3v) is 5.96. The molecule has 0 aliphatic carbocycles. The van der Waals surface area contributed by atoms with Gasteiger partial charge in [-0.2, -0.15) is 14.9 Å². The number of anilines is 1. The zero-order chi connectivity index (χ0) is 26.1. The number of amides is 1. The van der Waals surface area contributed by atoms with Gasteiger partial charge in [0.25, 0.3) is 5.69 Å². The van der Waals surface area contributed by atoms with Crippen molar-refractivity contribution < 1.29 is 9.72 Å². The first-order valence-corrected chi connectivity index (χ1v) is 11.4. The summed E-state index contributed by atoms with van der Waals surface area (Å²) in [7, 11) is 0. The third-order valence-electron chi connectivity index (χ3n) is 5.96. The van der Waals surface area contributed by atoms with Crippen LogP contribution in [0.2, 0.25) is 0 Å². The van der Waals surface area contributed by atoms with Gasteiger partial charge < -0.3 is 5.32 Å². The van der Waals surface area contributed by atoms with Gasteiger partial charge in [-0.1, -0.05) is 12.1 Å². The second kappa shape index (κ2) is 9.46. The summed E-state index contributed by atoms with van der Waals surface area (Å²) in [6.45, 7) is 5.90. The van der Waals surface area contributed by atoms with Crippen molar-refractivity contribution in [1.82, 2.24) is 29.5 Å². The zero-order valence-corrected chi connectivity index (χ0v) is 20.3. The first-order valence-electron chi connectivity index (χ1n) is 11.4. The molecule has 0 fully saturated rings. The van der Waals surface area contributed by atoms with Crippen molar-refractivity contribution in [2.24, 2.45) is 0 Å². The minimum absolute atomic E-state index is 0.0157. The van der Waals surface area contributed by atoms with Gasteiger partial charge in [-0.05, 0) is 61.7 Å². The Labute approximate surface area is 211 Å². The summed E-state index contributed by atoms with van der Waals surface area (Å²) in [4.78, 5) is 31.9. The minimum atomic E-state index is -0.473. The molecule has 0 atom stereocenters. The highest BCUT2D eigenvalue weighted by molar-refractivity contribution is 6.01. The standard InChI is InChI=1S/C26H22N8O3/c1-16-5-4-6-22(18(16)3)32-25-21(14-29-32)26(28-15-27-25)33-23(13-17(2)31-33)30-24(35)12-9-19-7-10-20(11-8-19)34(36)37/h4-15H,1-3H3,(H,30,35)/b12-9+. The Morgan fingerprint density at radius 2 is 1.84 bits per heavy atom. The predicted molar refractivity (Wildman–Crippen MR) is 139 cm³/mol. The fraction of sp³-hybridized carbons (Fsp3) is 0.115. The molecule has 0 spiro atoms. The van der Waals surface area contributed by atoms with Gasteiger partial charge in [-0.25, -0.2) is 14.6 Å². The average Bonchev–Trinajstić information content (AvgIpc) is 3.47. The number of carbonyl (C=O) groups is 1. The van der Waals surface area contributed by atoms with Gasteiger partial charge in [0, 0.05) is 24.3 Å². The topological polar surface area (TPSA) is 134 Å². The lowest BCUT2D eigenvalue weighted by molar-refractivity contribution is -0.384. The van der Waals surface area contributed by atoms with Crippen LogP contribution < -0.4 is 5.32 Å². The van der Waals surface area contributed by atoms with Gasteiger partial charge in [0.15, 0.2) is 11.5 Å². The van der Waals surface area contributed by atoms with Gasteiger partial charge in [0.1, 0.15) is 12.1 Å². The van der Waals surface area contributed by atoms with Gasteiger partial charge in [-0.15, -0.1) is 0 Å². The summed E-state index contributed by atoms with van der Waals surface area (Å²) >= 11 is 0. The molecule has 2 aromatic carbocycles. The molecule has 0 saturated carbocycles. The van der Waals surface area contributed by atoms with Crippen LogP contribution in [0.1, 0.15) is 22.4 Å². The molecule has 0 aliphatic rings.